The molecule has 94 valence electrons. The predicted molar refractivity (Wildman–Crippen MR) is 70.7 cm³/mol. The van der Waals surface area contributed by atoms with E-state index in [1.165, 1.54) is 0 Å². The Balaban J connectivity index is 2.06. The van der Waals surface area contributed by atoms with Crippen LogP contribution in [0.4, 0.5) is 0 Å². The molecule has 1 aromatic carbocycles. The van der Waals surface area contributed by atoms with Crippen LogP contribution in [0.15, 0.2) is 18.2 Å². The van der Waals surface area contributed by atoms with E-state index in [2.05, 4.69) is 17.1 Å². The van der Waals surface area contributed by atoms with Gasteiger partial charge in [-0.2, -0.15) is 0 Å². The normalized spacial score (nSPS) is 21.5. The van der Waals surface area contributed by atoms with Gasteiger partial charge in [0, 0.05) is 37.2 Å². The number of piperazine rings is 1. The molecule has 3 nitrogen and oxygen atoms in total. The maximum atomic E-state index is 6.21. The second-order valence-electron chi connectivity index (χ2n) is 4.55. The van der Waals surface area contributed by atoms with Gasteiger partial charge in [0.1, 0.15) is 5.75 Å². The van der Waals surface area contributed by atoms with E-state index in [1.807, 2.05) is 18.2 Å². The second-order valence-corrected chi connectivity index (χ2v) is 4.95. The zero-order chi connectivity index (χ0) is 12.3. The summed E-state index contributed by atoms with van der Waals surface area (Å²) in [7, 11) is 1.68. The van der Waals surface area contributed by atoms with Crippen LogP contribution in [0, 0.1) is 0 Å². The quantitative estimate of drug-likeness (QED) is 0.895. The van der Waals surface area contributed by atoms with Gasteiger partial charge in [0.05, 0.1) is 7.11 Å². The average Bonchev–Trinajstić information content (AvgIpc) is 2.32. The Morgan fingerprint density at radius 3 is 3.06 bits per heavy atom. The van der Waals surface area contributed by atoms with Gasteiger partial charge < -0.3 is 10.1 Å². The van der Waals surface area contributed by atoms with Crippen molar-refractivity contribution in [2.45, 2.75) is 19.5 Å². The number of rotatable bonds is 3. The molecule has 1 atom stereocenters. The SMILES string of the molecule is COc1ccc(Cl)c(CN2CCNC(C)C2)c1. The van der Waals surface area contributed by atoms with Gasteiger partial charge in [-0.25, -0.2) is 0 Å². The number of hydrogen-bond donors (Lipinski definition) is 1. The molecule has 1 heterocycles. The highest BCUT2D eigenvalue weighted by atomic mass is 35.5. The molecule has 0 bridgehead atoms. The second kappa shape index (κ2) is 5.71. The van der Waals surface area contributed by atoms with Crippen LogP contribution >= 0.6 is 11.6 Å². The van der Waals surface area contributed by atoms with Crippen molar-refractivity contribution in [3.05, 3.63) is 28.8 Å². The molecule has 1 saturated heterocycles. The summed E-state index contributed by atoms with van der Waals surface area (Å²) in [5.74, 6) is 0.868. The number of ether oxygens (including phenoxy) is 1. The third-order valence-corrected chi connectivity index (χ3v) is 3.47. The van der Waals surface area contributed by atoms with Crippen molar-refractivity contribution in [1.29, 1.82) is 0 Å². The Morgan fingerprint density at radius 1 is 1.53 bits per heavy atom. The highest BCUT2D eigenvalue weighted by molar-refractivity contribution is 6.31. The van der Waals surface area contributed by atoms with E-state index in [0.29, 0.717) is 6.04 Å². The molecule has 1 aliphatic heterocycles. The summed E-state index contributed by atoms with van der Waals surface area (Å²) in [6.07, 6.45) is 0. The Labute approximate surface area is 108 Å². The van der Waals surface area contributed by atoms with Crippen LogP contribution in [0.3, 0.4) is 0 Å². The van der Waals surface area contributed by atoms with Crippen LogP contribution in [0.1, 0.15) is 12.5 Å². The number of hydrogen-bond acceptors (Lipinski definition) is 3. The first-order valence-corrected chi connectivity index (χ1v) is 6.35. The maximum Gasteiger partial charge on any atom is 0.119 e. The first-order valence-electron chi connectivity index (χ1n) is 5.97. The molecule has 4 heteroatoms. The lowest BCUT2D eigenvalue weighted by molar-refractivity contribution is 0.199. The van der Waals surface area contributed by atoms with E-state index in [0.717, 1.165) is 42.5 Å². The highest BCUT2D eigenvalue weighted by Gasteiger charge is 2.16. The summed E-state index contributed by atoms with van der Waals surface area (Å²) in [6.45, 7) is 6.27. The van der Waals surface area contributed by atoms with Crippen molar-refractivity contribution < 1.29 is 4.74 Å². The van der Waals surface area contributed by atoms with E-state index >= 15 is 0 Å². The van der Waals surface area contributed by atoms with Crippen molar-refractivity contribution in [3.63, 3.8) is 0 Å². The van der Waals surface area contributed by atoms with Crippen molar-refractivity contribution in [1.82, 2.24) is 10.2 Å². The first-order chi connectivity index (χ1) is 8.19. The number of methoxy groups -OCH3 is 1. The average molecular weight is 255 g/mol. The number of nitrogens with zero attached hydrogens (tertiary/aromatic N) is 1. The minimum atomic E-state index is 0.549. The Morgan fingerprint density at radius 2 is 2.35 bits per heavy atom. The minimum absolute atomic E-state index is 0.549. The standard InChI is InChI=1S/C13H19ClN2O/c1-10-8-16(6-5-15-10)9-11-7-12(17-2)3-4-13(11)14/h3-4,7,10,15H,5-6,8-9H2,1-2H3. The van der Waals surface area contributed by atoms with Crippen LogP contribution in [0.25, 0.3) is 0 Å². The fraction of sp³-hybridized carbons (Fsp3) is 0.538. The lowest BCUT2D eigenvalue weighted by atomic mass is 10.1. The highest BCUT2D eigenvalue weighted by Crippen LogP contribution is 2.23. The van der Waals surface area contributed by atoms with Crippen LogP contribution in [0.2, 0.25) is 5.02 Å². The molecule has 0 aliphatic carbocycles. The topological polar surface area (TPSA) is 24.5 Å². The summed E-state index contributed by atoms with van der Waals surface area (Å²) < 4.78 is 5.23. The monoisotopic (exact) mass is 254 g/mol. The van der Waals surface area contributed by atoms with E-state index in [1.54, 1.807) is 7.11 Å². The Hall–Kier alpha value is -0.770. The predicted octanol–water partition coefficient (Wildman–Crippen LogP) is 2.14. The molecule has 0 spiro atoms. The van der Waals surface area contributed by atoms with E-state index in [4.69, 9.17) is 16.3 Å². The molecule has 1 aliphatic rings. The molecule has 0 amide bonds. The molecule has 2 rings (SSSR count). The van der Waals surface area contributed by atoms with Gasteiger partial charge in [-0.1, -0.05) is 11.6 Å². The number of benzene rings is 1. The summed E-state index contributed by atoms with van der Waals surface area (Å²) in [6, 6.07) is 6.37. The van der Waals surface area contributed by atoms with Crippen molar-refractivity contribution in [2.24, 2.45) is 0 Å². The van der Waals surface area contributed by atoms with E-state index < -0.39 is 0 Å². The fourth-order valence-electron chi connectivity index (χ4n) is 2.20. The van der Waals surface area contributed by atoms with Gasteiger partial charge in [-0.3, -0.25) is 4.90 Å². The first kappa shape index (κ1) is 12.7. The summed E-state index contributed by atoms with van der Waals surface area (Å²) in [4.78, 5) is 2.42. The smallest absolute Gasteiger partial charge is 0.119 e. The lowest BCUT2D eigenvalue weighted by Gasteiger charge is -2.32. The van der Waals surface area contributed by atoms with Gasteiger partial charge in [0.15, 0.2) is 0 Å². The molecule has 1 N–H and O–H groups in total. The molecular formula is C13H19ClN2O. The van der Waals surface area contributed by atoms with Crippen molar-refractivity contribution >= 4 is 11.6 Å². The largest absolute Gasteiger partial charge is 0.497 e. The molecule has 17 heavy (non-hydrogen) atoms. The molecule has 1 aromatic rings. The van der Waals surface area contributed by atoms with Crippen molar-refractivity contribution in [3.8, 4) is 5.75 Å². The van der Waals surface area contributed by atoms with Crippen LogP contribution in [0.5, 0.6) is 5.75 Å². The molecule has 0 radical (unpaired) electrons. The fourth-order valence-corrected chi connectivity index (χ4v) is 2.37. The zero-order valence-corrected chi connectivity index (χ0v) is 11.1. The maximum absolute atomic E-state index is 6.21. The number of nitrogens with one attached hydrogen (secondary N) is 1. The van der Waals surface area contributed by atoms with Gasteiger partial charge in [-0.05, 0) is 30.7 Å². The minimum Gasteiger partial charge on any atom is -0.497 e. The number of halogens is 1. The molecular weight excluding hydrogens is 236 g/mol. The van der Waals surface area contributed by atoms with Gasteiger partial charge in [-0.15, -0.1) is 0 Å². The third kappa shape index (κ3) is 3.35. The molecule has 1 unspecified atom stereocenters. The van der Waals surface area contributed by atoms with Crippen LogP contribution in [-0.2, 0) is 6.54 Å². The van der Waals surface area contributed by atoms with Crippen LogP contribution < -0.4 is 10.1 Å². The lowest BCUT2D eigenvalue weighted by Crippen LogP contribution is -2.48. The van der Waals surface area contributed by atoms with E-state index in [9.17, 15) is 0 Å². The Bertz CT molecular complexity index is 384. The third-order valence-electron chi connectivity index (χ3n) is 3.10. The summed E-state index contributed by atoms with van der Waals surface area (Å²) in [5, 5.41) is 4.25. The summed E-state index contributed by atoms with van der Waals surface area (Å²) in [5.41, 5.74) is 1.14. The van der Waals surface area contributed by atoms with Gasteiger partial charge in [0.2, 0.25) is 0 Å². The summed E-state index contributed by atoms with van der Waals surface area (Å²) >= 11 is 6.21. The van der Waals surface area contributed by atoms with Crippen LogP contribution in [-0.4, -0.2) is 37.7 Å². The van der Waals surface area contributed by atoms with Crippen molar-refractivity contribution in [2.75, 3.05) is 26.7 Å². The molecule has 0 saturated carbocycles. The molecule has 1 fully saturated rings. The van der Waals surface area contributed by atoms with Gasteiger partial charge >= 0.3 is 0 Å². The van der Waals surface area contributed by atoms with Gasteiger partial charge in [0.25, 0.3) is 0 Å². The Kier molecular flexibility index (Phi) is 4.26. The molecule has 0 aromatic heterocycles. The van der Waals surface area contributed by atoms with E-state index in [-0.39, 0.29) is 0 Å². The zero-order valence-electron chi connectivity index (χ0n) is 10.4.